The van der Waals surface area contributed by atoms with Gasteiger partial charge in [0.1, 0.15) is 0 Å². The zero-order chi connectivity index (χ0) is 11.7. The number of nitrogens with two attached hydrogens (primary N) is 1. The highest BCUT2D eigenvalue weighted by Gasteiger charge is 2.26. The van der Waals surface area contributed by atoms with E-state index in [2.05, 4.69) is 6.92 Å². The lowest BCUT2D eigenvalue weighted by Gasteiger charge is -2.14. The first-order chi connectivity index (χ1) is 7.61. The molecule has 2 rings (SSSR count). The molecule has 2 N–H and O–H groups in total. The van der Waals surface area contributed by atoms with Crippen molar-refractivity contribution in [3.8, 4) is 0 Å². The average Bonchev–Trinajstić information content (AvgIpc) is 2.86. The van der Waals surface area contributed by atoms with Gasteiger partial charge in [0, 0.05) is 23.7 Å². The lowest BCUT2D eigenvalue weighted by molar-refractivity contribution is 0.0791. The summed E-state index contributed by atoms with van der Waals surface area (Å²) >= 11 is 1.50. The van der Waals surface area contributed by atoms with Crippen molar-refractivity contribution >= 4 is 22.9 Å². The number of likely N-dealkylation sites (tertiary alicyclic amines) is 1. The molecule has 1 saturated heterocycles. The highest BCUT2D eigenvalue weighted by atomic mass is 32.1. The van der Waals surface area contributed by atoms with Crippen LogP contribution in [-0.2, 0) is 0 Å². The van der Waals surface area contributed by atoms with E-state index in [1.165, 1.54) is 11.3 Å². The van der Waals surface area contributed by atoms with Crippen LogP contribution in [0, 0.1) is 12.8 Å². The number of carbonyl (C=O) groups is 1. The van der Waals surface area contributed by atoms with Crippen molar-refractivity contribution in [1.82, 2.24) is 4.90 Å². The lowest BCUT2D eigenvalue weighted by atomic mass is 10.1. The van der Waals surface area contributed by atoms with Gasteiger partial charge in [0.25, 0.3) is 5.91 Å². The second kappa shape index (κ2) is 4.45. The van der Waals surface area contributed by atoms with Gasteiger partial charge in [-0.25, -0.2) is 0 Å². The zero-order valence-corrected chi connectivity index (χ0v) is 10.6. The Morgan fingerprint density at radius 3 is 2.94 bits per heavy atom. The van der Waals surface area contributed by atoms with Crippen molar-refractivity contribution in [2.45, 2.75) is 26.7 Å². The summed E-state index contributed by atoms with van der Waals surface area (Å²) in [5.74, 6) is 0.836. The molecule has 1 aliphatic rings. The zero-order valence-electron chi connectivity index (χ0n) is 9.82. The van der Waals surface area contributed by atoms with E-state index in [1.807, 2.05) is 17.9 Å². The van der Waals surface area contributed by atoms with Gasteiger partial charge in [0.05, 0.1) is 4.88 Å². The molecule has 1 aromatic rings. The SMILES string of the molecule is CCC1CCN(C(=O)c2cc(N)c(C)s2)C1. The fraction of sp³-hybridized carbons (Fsp3) is 0.583. The third kappa shape index (κ3) is 2.07. The molecule has 0 spiro atoms. The third-order valence-electron chi connectivity index (χ3n) is 3.32. The number of anilines is 1. The van der Waals surface area contributed by atoms with Crippen molar-refractivity contribution in [1.29, 1.82) is 0 Å². The maximum atomic E-state index is 12.2. The number of nitrogens with zero attached hydrogens (tertiary/aromatic N) is 1. The molecule has 1 aromatic heterocycles. The second-order valence-electron chi connectivity index (χ2n) is 4.44. The number of hydrogen-bond donors (Lipinski definition) is 1. The van der Waals surface area contributed by atoms with Crippen LogP contribution in [0.25, 0.3) is 0 Å². The first-order valence-corrected chi connectivity index (χ1v) is 6.58. The van der Waals surface area contributed by atoms with E-state index in [9.17, 15) is 4.79 Å². The smallest absolute Gasteiger partial charge is 0.264 e. The van der Waals surface area contributed by atoms with E-state index in [0.29, 0.717) is 5.92 Å². The van der Waals surface area contributed by atoms with Crippen molar-refractivity contribution in [2.75, 3.05) is 18.8 Å². The Balaban J connectivity index is 2.08. The molecule has 0 bridgehead atoms. The van der Waals surface area contributed by atoms with Crippen LogP contribution in [0.3, 0.4) is 0 Å². The van der Waals surface area contributed by atoms with Gasteiger partial charge < -0.3 is 10.6 Å². The molecule has 1 aliphatic heterocycles. The molecule has 2 heterocycles. The summed E-state index contributed by atoms with van der Waals surface area (Å²) < 4.78 is 0. The maximum absolute atomic E-state index is 12.2. The summed E-state index contributed by atoms with van der Waals surface area (Å²) in [7, 11) is 0. The van der Waals surface area contributed by atoms with Gasteiger partial charge in [-0.1, -0.05) is 13.3 Å². The van der Waals surface area contributed by atoms with Gasteiger partial charge in [-0.05, 0) is 25.3 Å². The molecule has 3 nitrogen and oxygen atoms in total. The Kier molecular flexibility index (Phi) is 3.19. The molecular formula is C12H18N2OS. The molecule has 88 valence electrons. The summed E-state index contributed by atoms with van der Waals surface area (Å²) in [6, 6.07) is 1.81. The minimum absolute atomic E-state index is 0.153. The quantitative estimate of drug-likeness (QED) is 0.860. The van der Waals surface area contributed by atoms with Crippen LogP contribution in [-0.4, -0.2) is 23.9 Å². The molecule has 0 saturated carbocycles. The fourth-order valence-corrected chi connectivity index (χ4v) is 3.02. The largest absolute Gasteiger partial charge is 0.398 e. The van der Waals surface area contributed by atoms with E-state index in [4.69, 9.17) is 5.73 Å². The van der Waals surface area contributed by atoms with Gasteiger partial charge in [-0.15, -0.1) is 11.3 Å². The van der Waals surface area contributed by atoms with E-state index in [0.717, 1.165) is 41.4 Å². The molecule has 4 heteroatoms. The molecule has 0 aliphatic carbocycles. The molecular weight excluding hydrogens is 220 g/mol. The number of carbonyl (C=O) groups excluding carboxylic acids is 1. The molecule has 16 heavy (non-hydrogen) atoms. The highest BCUT2D eigenvalue weighted by molar-refractivity contribution is 7.14. The minimum Gasteiger partial charge on any atom is -0.398 e. The molecule has 1 fully saturated rings. The maximum Gasteiger partial charge on any atom is 0.264 e. The molecule has 0 radical (unpaired) electrons. The standard InChI is InChI=1S/C12H18N2OS/c1-3-9-4-5-14(7-9)12(15)11-6-10(13)8(2)16-11/h6,9H,3-5,7,13H2,1-2H3. The van der Waals surface area contributed by atoms with E-state index >= 15 is 0 Å². The summed E-state index contributed by atoms with van der Waals surface area (Å²) in [5, 5.41) is 0. The Bertz CT molecular complexity index is 380. The number of rotatable bonds is 2. The predicted octanol–water partition coefficient (Wildman–Crippen LogP) is 2.51. The average molecular weight is 238 g/mol. The lowest BCUT2D eigenvalue weighted by Crippen LogP contribution is -2.27. The Hall–Kier alpha value is -1.03. The summed E-state index contributed by atoms with van der Waals surface area (Å²) in [5.41, 5.74) is 6.51. The fourth-order valence-electron chi connectivity index (χ4n) is 2.11. The van der Waals surface area contributed by atoms with Crippen molar-refractivity contribution in [3.63, 3.8) is 0 Å². The van der Waals surface area contributed by atoms with Crippen LogP contribution in [0.2, 0.25) is 0 Å². The van der Waals surface area contributed by atoms with E-state index < -0.39 is 0 Å². The predicted molar refractivity (Wildman–Crippen MR) is 67.8 cm³/mol. The normalized spacial score (nSPS) is 20.4. The number of amides is 1. The first-order valence-electron chi connectivity index (χ1n) is 5.77. The number of nitrogen functional groups attached to an aromatic ring is 1. The van der Waals surface area contributed by atoms with Gasteiger partial charge >= 0.3 is 0 Å². The highest BCUT2D eigenvalue weighted by Crippen LogP contribution is 2.27. The van der Waals surface area contributed by atoms with Crippen LogP contribution in [0.15, 0.2) is 6.07 Å². The van der Waals surface area contributed by atoms with E-state index in [1.54, 1.807) is 0 Å². The van der Waals surface area contributed by atoms with Crippen molar-refractivity contribution in [2.24, 2.45) is 5.92 Å². The van der Waals surface area contributed by atoms with Gasteiger partial charge in [0.15, 0.2) is 0 Å². The van der Waals surface area contributed by atoms with Crippen LogP contribution in [0.4, 0.5) is 5.69 Å². The van der Waals surface area contributed by atoms with Crippen molar-refractivity contribution < 1.29 is 4.79 Å². The van der Waals surface area contributed by atoms with Gasteiger partial charge in [-0.2, -0.15) is 0 Å². The Labute approximate surface area is 100 Å². The van der Waals surface area contributed by atoms with Crippen LogP contribution in [0.1, 0.15) is 34.3 Å². The first kappa shape index (κ1) is 11.5. The number of aryl methyl sites for hydroxylation is 1. The molecule has 1 atom stereocenters. The summed E-state index contributed by atoms with van der Waals surface area (Å²) in [6.07, 6.45) is 2.30. The molecule has 1 amide bonds. The summed E-state index contributed by atoms with van der Waals surface area (Å²) in [6.45, 7) is 5.95. The Morgan fingerprint density at radius 2 is 2.44 bits per heavy atom. The third-order valence-corrected chi connectivity index (χ3v) is 4.37. The van der Waals surface area contributed by atoms with Gasteiger partial charge in [-0.3, -0.25) is 4.79 Å². The van der Waals surface area contributed by atoms with Gasteiger partial charge in [0.2, 0.25) is 0 Å². The van der Waals surface area contributed by atoms with E-state index in [-0.39, 0.29) is 5.91 Å². The van der Waals surface area contributed by atoms with Crippen LogP contribution >= 0.6 is 11.3 Å². The van der Waals surface area contributed by atoms with Crippen LogP contribution < -0.4 is 5.73 Å². The van der Waals surface area contributed by atoms with Crippen LogP contribution in [0.5, 0.6) is 0 Å². The Morgan fingerprint density at radius 1 is 1.69 bits per heavy atom. The second-order valence-corrected chi connectivity index (χ2v) is 5.69. The number of thiophene rings is 1. The molecule has 0 aromatic carbocycles. The number of hydrogen-bond acceptors (Lipinski definition) is 3. The minimum atomic E-state index is 0.153. The monoisotopic (exact) mass is 238 g/mol. The topological polar surface area (TPSA) is 46.3 Å². The molecule has 1 unspecified atom stereocenters. The summed E-state index contributed by atoms with van der Waals surface area (Å²) in [4.78, 5) is 15.9. The van der Waals surface area contributed by atoms with Crippen molar-refractivity contribution in [3.05, 3.63) is 15.8 Å².